The van der Waals surface area contributed by atoms with Gasteiger partial charge in [0.1, 0.15) is 11.6 Å². The highest BCUT2D eigenvalue weighted by molar-refractivity contribution is 5.76. The predicted molar refractivity (Wildman–Crippen MR) is 86.0 cm³/mol. The Labute approximate surface area is 129 Å². The lowest BCUT2D eigenvalue weighted by atomic mass is 10.1. The largest absolute Gasteiger partial charge is 0.340 e. The Kier molecular flexibility index (Phi) is 3.75. The van der Waals surface area contributed by atoms with Crippen LogP contribution in [0.15, 0.2) is 42.5 Å². The lowest BCUT2D eigenvalue weighted by Gasteiger charge is -2.03. The van der Waals surface area contributed by atoms with E-state index in [1.165, 1.54) is 12.1 Å². The number of H-pyrrole nitrogens is 1. The molecule has 1 aromatic carbocycles. The number of nitrogens with zero attached hydrogens (tertiary/aromatic N) is 2. The number of hydrogen-bond acceptors (Lipinski definition) is 2. The highest BCUT2D eigenvalue weighted by atomic mass is 19.1. The molecule has 2 heterocycles. The molecule has 3 nitrogen and oxygen atoms in total. The first-order valence-electron chi connectivity index (χ1n) is 7.34. The van der Waals surface area contributed by atoms with Gasteiger partial charge in [0.25, 0.3) is 0 Å². The van der Waals surface area contributed by atoms with Gasteiger partial charge < -0.3 is 4.98 Å². The van der Waals surface area contributed by atoms with Crippen LogP contribution in [0.1, 0.15) is 31.3 Å². The Hall–Kier alpha value is -2.49. The number of halogens is 1. The van der Waals surface area contributed by atoms with Crippen LogP contribution in [0, 0.1) is 12.7 Å². The van der Waals surface area contributed by atoms with E-state index in [0.29, 0.717) is 0 Å². The fourth-order valence-electron chi connectivity index (χ4n) is 2.35. The second-order valence-electron chi connectivity index (χ2n) is 5.67. The number of hydrogen-bond donors (Lipinski definition) is 1. The Morgan fingerprint density at radius 3 is 2.36 bits per heavy atom. The second-order valence-corrected chi connectivity index (χ2v) is 5.67. The van der Waals surface area contributed by atoms with Crippen LogP contribution in [0.3, 0.4) is 0 Å². The van der Waals surface area contributed by atoms with Crippen molar-refractivity contribution in [1.29, 1.82) is 0 Å². The summed E-state index contributed by atoms with van der Waals surface area (Å²) in [4.78, 5) is 12.6. The molecule has 0 fully saturated rings. The van der Waals surface area contributed by atoms with Crippen LogP contribution >= 0.6 is 0 Å². The Bertz CT molecular complexity index is 788. The van der Waals surface area contributed by atoms with Crippen LogP contribution in [0.5, 0.6) is 0 Å². The summed E-state index contributed by atoms with van der Waals surface area (Å²) in [6.07, 6.45) is 0. The summed E-state index contributed by atoms with van der Waals surface area (Å²) < 4.78 is 13.2. The second kappa shape index (κ2) is 5.72. The maximum Gasteiger partial charge on any atom is 0.123 e. The van der Waals surface area contributed by atoms with Gasteiger partial charge in [-0.15, -0.1) is 0 Å². The standard InChI is InChI=1S/C18H18FN3/c1-11(2)18-21-16(13-7-9-14(19)10-8-13)17(22-18)15-6-4-5-12(3)20-15/h4-11H,1-3H3,(H,21,22). The molecule has 0 unspecified atom stereocenters. The van der Waals surface area contributed by atoms with E-state index in [1.54, 1.807) is 12.1 Å². The number of aromatic nitrogens is 3. The van der Waals surface area contributed by atoms with E-state index < -0.39 is 0 Å². The monoisotopic (exact) mass is 295 g/mol. The van der Waals surface area contributed by atoms with Gasteiger partial charge in [0.05, 0.1) is 17.1 Å². The van der Waals surface area contributed by atoms with Crippen molar-refractivity contribution >= 4 is 0 Å². The molecular weight excluding hydrogens is 277 g/mol. The van der Waals surface area contributed by atoms with Crippen molar-refractivity contribution in [3.63, 3.8) is 0 Å². The predicted octanol–water partition coefficient (Wildman–Crippen LogP) is 4.71. The van der Waals surface area contributed by atoms with Crippen LogP contribution in [-0.4, -0.2) is 15.0 Å². The fourth-order valence-corrected chi connectivity index (χ4v) is 2.35. The Balaban J connectivity index is 2.18. The molecule has 0 radical (unpaired) electrons. The van der Waals surface area contributed by atoms with Gasteiger partial charge in [-0.25, -0.2) is 9.37 Å². The average molecular weight is 295 g/mol. The normalized spacial score (nSPS) is 11.1. The number of aromatic amines is 1. The van der Waals surface area contributed by atoms with Crippen molar-refractivity contribution in [2.45, 2.75) is 26.7 Å². The van der Waals surface area contributed by atoms with Gasteiger partial charge in [0, 0.05) is 17.2 Å². The molecule has 2 aromatic heterocycles. The third-order valence-corrected chi connectivity index (χ3v) is 3.53. The summed E-state index contributed by atoms with van der Waals surface area (Å²) in [5.74, 6) is 0.925. The first kappa shape index (κ1) is 14.4. The van der Waals surface area contributed by atoms with Crippen molar-refractivity contribution in [2.24, 2.45) is 0 Å². The van der Waals surface area contributed by atoms with E-state index in [-0.39, 0.29) is 11.7 Å². The number of benzene rings is 1. The number of pyridine rings is 1. The molecule has 3 rings (SSSR count). The Morgan fingerprint density at radius 1 is 1.00 bits per heavy atom. The number of nitrogens with one attached hydrogen (secondary N) is 1. The van der Waals surface area contributed by atoms with E-state index in [1.807, 2.05) is 25.1 Å². The molecule has 0 aliphatic heterocycles. The molecule has 0 saturated heterocycles. The quantitative estimate of drug-likeness (QED) is 0.760. The van der Waals surface area contributed by atoms with Gasteiger partial charge in [-0.2, -0.15) is 0 Å². The molecule has 112 valence electrons. The van der Waals surface area contributed by atoms with Crippen LogP contribution in [0.2, 0.25) is 0 Å². The van der Waals surface area contributed by atoms with Gasteiger partial charge in [-0.05, 0) is 43.3 Å². The molecule has 0 aliphatic carbocycles. The van der Waals surface area contributed by atoms with Gasteiger partial charge >= 0.3 is 0 Å². The third kappa shape index (κ3) is 2.77. The molecule has 1 N–H and O–H groups in total. The van der Waals surface area contributed by atoms with Crippen molar-refractivity contribution < 1.29 is 4.39 Å². The maximum atomic E-state index is 13.2. The van der Waals surface area contributed by atoms with Crippen LogP contribution < -0.4 is 0 Å². The minimum Gasteiger partial charge on any atom is -0.340 e. The van der Waals surface area contributed by atoms with E-state index in [9.17, 15) is 4.39 Å². The minimum absolute atomic E-state index is 0.251. The molecule has 4 heteroatoms. The fraction of sp³-hybridized carbons (Fsp3) is 0.222. The third-order valence-electron chi connectivity index (χ3n) is 3.53. The SMILES string of the molecule is Cc1cccc(-c2[nH]c(C(C)C)nc2-c2ccc(F)cc2)n1. The smallest absolute Gasteiger partial charge is 0.123 e. The zero-order valence-electron chi connectivity index (χ0n) is 12.9. The van der Waals surface area contributed by atoms with Crippen molar-refractivity contribution in [1.82, 2.24) is 15.0 Å². The summed E-state index contributed by atoms with van der Waals surface area (Å²) in [6, 6.07) is 12.3. The van der Waals surface area contributed by atoms with Crippen LogP contribution in [0.4, 0.5) is 4.39 Å². The Morgan fingerprint density at radius 2 is 1.73 bits per heavy atom. The summed E-state index contributed by atoms with van der Waals surface area (Å²) >= 11 is 0. The first-order chi connectivity index (χ1) is 10.5. The van der Waals surface area contributed by atoms with Gasteiger partial charge in [0.15, 0.2) is 0 Å². The van der Waals surface area contributed by atoms with E-state index in [2.05, 4.69) is 23.8 Å². The number of imidazole rings is 1. The van der Waals surface area contributed by atoms with Crippen molar-refractivity contribution in [3.05, 3.63) is 59.8 Å². The van der Waals surface area contributed by atoms with Gasteiger partial charge in [-0.1, -0.05) is 19.9 Å². The maximum absolute atomic E-state index is 13.2. The molecule has 0 bridgehead atoms. The minimum atomic E-state index is -0.251. The molecular formula is C18H18FN3. The first-order valence-corrected chi connectivity index (χ1v) is 7.34. The van der Waals surface area contributed by atoms with Crippen LogP contribution in [-0.2, 0) is 0 Å². The molecule has 22 heavy (non-hydrogen) atoms. The highest BCUT2D eigenvalue weighted by Crippen LogP contribution is 2.31. The van der Waals surface area contributed by atoms with E-state index >= 15 is 0 Å². The summed E-state index contributed by atoms with van der Waals surface area (Å²) in [5, 5.41) is 0. The van der Waals surface area contributed by atoms with Crippen molar-refractivity contribution in [3.8, 4) is 22.6 Å². The molecule has 0 aliphatic rings. The summed E-state index contributed by atoms with van der Waals surface area (Å²) in [5.41, 5.74) is 4.35. The molecule has 0 spiro atoms. The summed E-state index contributed by atoms with van der Waals surface area (Å²) in [7, 11) is 0. The van der Waals surface area contributed by atoms with Gasteiger partial charge in [-0.3, -0.25) is 4.98 Å². The molecule has 0 atom stereocenters. The zero-order chi connectivity index (χ0) is 15.7. The van der Waals surface area contributed by atoms with E-state index in [0.717, 1.165) is 34.2 Å². The van der Waals surface area contributed by atoms with Crippen molar-refractivity contribution in [2.75, 3.05) is 0 Å². The van der Waals surface area contributed by atoms with Crippen LogP contribution in [0.25, 0.3) is 22.6 Å². The lowest BCUT2D eigenvalue weighted by Crippen LogP contribution is -1.90. The molecule has 0 amide bonds. The number of aryl methyl sites for hydroxylation is 1. The highest BCUT2D eigenvalue weighted by Gasteiger charge is 2.16. The average Bonchev–Trinajstić information content (AvgIpc) is 2.93. The lowest BCUT2D eigenvalue weighted by molar-refractivity contribution is 0.628. The zero-order valence-corrected chi connectivity index (χ0v) is 12.9. The summed E-state index contributed by atoms with van der Waals surface area (Å²) in [6.45, 7) is 6.13. The van der Waals surface area contributed by atoms with Gasteiger partial charge in [0.2, 0.25) is 0 Å². The number of rotatable bonds is 3. The molecule has 0 saturated carbocycles. The topological polar surface area (TPSA) is 41.6 Å². The van der Waals surface area contributed by atoms with E-state index in [4.69, 9.17) is 4.98 Å². The molecule has 3 aromatic rings.